The molecule has 112 valence electrons. The number of hydrogen-bond donors (Lipinski definition) is 1. The van der Waals surface area contributed by atoms with Crippen LogP contribution in [0, 0.1) is 6.92 Å². The van der Waals surface area contributed by atoms with Crippen LogP contribution in [-0.4, -0.2) is 26.1 Å². The van der Waals surface area contributed by atoms with Gasteiger partial charge in [0.15, 0.2) is 0 Å². The maximum atomic E-state index is 11.4. The fourth-order valence-electron chi connectivity index (χ4n) is 1.66. The van der Waals surface area contributed by atoms with Crippen molar-refractivity contribution in [3.8, 4) is 5.75 Å². The van der Waals surface area contributed by atoms with E-state index in [-0.39, 0.29) is 17.1 Å². The van der Waals surface area contributed by atoms with Crippen LogP contribution in [0.2, 0.25) is 0 Å². The Morgan fingerprint density at radius 1 is 1.30 bits per heavy atom. The van der Waals surface area contributed by atoms with E-state index < -0.39 is 15.0 Å². The number of unbranched alkanes of at least 4 members (excludes halogenated alkanes) is 2. The summed E-state index contributed by atoms with van der Waals surface area (Å²) in [5, 5.41) is 8.49. The Hall–Kier alpha value is -1.27. The van der Waals surface area contributed by atoms with Crippen LogP contribution in [0.3, 0.4) is 0 Å². The van der Waals surface area contributed by atoms with Gasteiger partial charge in [0, 0.05) is 17.1 Å². The third kappa shape index (κ3) is 5.79. The Morgan fingerprint density at radius 3 is 2.60 bits per heavy atom. The minimum absolute atomic E-state index is 0.0373. The minimum Gasteiger partial charge on any atom is -0.492 e. The number of aliphatic carboxylic acids is 1. The lowest BCUT2D eigenvalue weighted by Gasteiger charge is -2.10. The topological polar surface area (TPSA) is 80.7 Å². The van der Waals surface area contributed by atoms with E-state index in [0.29, 0.717) is 25.9 Å². The number of carboxylic acid groups (broad SMARTS) is 1. The van der Waals surface area contributed by atoms with Gasteiger partial charge in [0.05, 0.1) is 6.61 Å². The van der Waals surface area contributed by atoms with Crippen LogP contribution in [0.1, 0.15) is 31.2 Å². The molecule has 20 heavy (non-hydrogen) atoms. The molecule has 0 saturated carbocycles. The summed E-state index contributed by atoms with van der Waals surface area (Å²) in [6, 6.07) is 4.77. The first-order chi connectivity index (χ1) is 9.30. The lowest BCUT2D eigenvalue weighted by Crippen LogP contribution is -2.03. The fraction of sp³-hybridized carbons (Fsp3) is 0.462. The molecule has 0 heterocycles. The average molecular weight is 321 g/mol. The second-order valence-corrected chi connectivity index (χ2v) is 6.98. The van der Waals surface area contributed by atoms with Gasteiger partial charge in [0.2, 0.25) is 0 Å². The Bertz CT molecular complexity index is 568. The van der Waals surface area contributed by atoms with E-state index in [4.69, 9.17) is 20.5 Å². The fourth-order valence-corrected chi connectivity index (χ4v) is 2.72. The number of benzene rings is 1. The number of carbonyl (C=O) groups is 1. The van der Waals surface area contributed by atoms with E-state index in [1.165, 1.54) is 6.07 Å². The van der Waals surface area contributed by atoms with Gasteiger partial charge >= 0.3 is 5.97 Å². The average Bonchev–Trinajstić information content (AvgIpc) is 2.33. The molecule has 7 heteroatoms. The van der Waals surface area contributed by atoms with Crippen LogP contribution in [0.15, 0.2) is 23.1 Å². The van der Waals surface area contributed by atoms with Crippen LogP contribution in [0.25, 0.3) is 0 Å². The SMILES string of the molecule is Cc1ccc(OCCCCCC(=O)O)c(S(=O)(=O)Cl)c1. The molecule has 0 radical (unpaired) electrons. The van der Waals surface area contributed by atoms with Gasteiger partial charge < -0.3 is 9.84 Å². The number of halogens is 1. The van der Waals surface area contributed by atoms with E-state index >= 15 is 0 Å². The third-order valence-electron chi connectivity index (χ3n) is 2.65. The molecule has 0 saturated heterocycles. The van der Waals surface area contributed by atoms with E-state index in [0.717, 1.165) is 5.56 Å². The van der Waals surface area contributed by atoms with E-state index in [1.54, 1.807) is 19.1 Å². The molecule has 1 rings (SSSR count). The first kappa shape index (κ1) is 16.8. The molecule has 0 unspecified atom stereocenters. The van der Waals surface area contributed by atoms with Crippen LogP contribution >= 0.6 is 10.7 Å². The zero-order valence-corrected chi connectivity index (χ0v) is 12.7. The van der Waals surface area contributed by atoms with Crippen LogP contribution in [0.5, 0.6) is 5.75 Å². The highest BCUT2D eigenvalue weighted by Crippen LogP contribution is 2.28. The molecule has 0 aromatic heterocycles. The van der Waals surface area contributed by atoms with E-state index in [9.17, 15) is 13.2 Å². The van der Waals surface area contributed by atoms with Crippen molar-refractivity contribution in [2.24, 2.45) is 0 Å². The van der Waals surface area contributed by atoms with Crippen molar-refractivity contribution >= 4 is 25.7 Å². The van der Waals surface area contributed by atoms with Crippen molar-refractivity contribution in [3.05, 3.63) is 23.8 Å². The second-order valence-electron chi connectivity index (χ2n) is 4.44. The summed E-state index contributed by atoms with van der Waals surface area (Å²) in [5.41, 5.74) is 0.776. The first-order valence-electron chi connectivity index (χ1n) is 6.20. The van der Waals surface area contributed by atoms with Crippen molar-refractivity contribution in [2.45, 2.75) is 37.5 Å². The third-order valence-corrected chi connectivity index (χ3v) is 4.00. The molecule has 0 amide bonds. The number of rotatable bonds is 8. The highest BCUT2D eigenvalue weighted by atomic mass is 35.7. The number of hydrogen-bond acceptors (Lipinski definition) is 4. The maximum absolute atomic E-state index is 11.4. The second kappa shape index (κ2) is 7.50. The zero-order valence-electron chi connectivity index (χ0n) is 11.1. The quantitative estimate of drug-likeness (QED) is 0.588. The van der Waals surface area contributed by atoms with Crippen molar-refractivity contribution in [3.63, 3.8) is 0 Å². The highest BCUT2D eigenvalue weighted by Gasteiger charge is 2.17. The van der Waals surface area contributed by atoms with Gasteiger partial charge in [-0.05, 0) is 43.9 Å². The van der Waals surface area contributed by atoms with Gasteiger partial charge in [-0.25, -0.2) is 8.42 Å². The molecule has 1 N–H and O–H groups in total. The molecule has 0 spiro atoms. The molecule has 0 aliphatic carbocycles. The summed E-state index contributed by atoms with van der Waals surface area (Å²) in [5.74, 6) is -0.594. The van der Waals surface area contributed by atoms with Crippen LogP contribution in [-0.2, 0) is 13.8 Å². The normalized spacial score (nSPS) is 11.3. The Labute approximate surface area is 122 Å². The monoisotopic (exact) mass is 320 g/mol. The lowest BCUT2D eigenvalue weighted by atomic mass is 10.2. The van der Waals surface area contributed by atoms with Gasteiger partial charge in [-0.15, -0.1) is 0 Å². The van der Waals surface area contributed by atoms with Gasteiger partial charge in [-0.2, -0.15) is 0 Å². The summed E-state index contributed by atoms with van der Waals surface area (Å²) in [6.07, 6.45) is 2.07. The molecule has 5 nitrogen and oxygen atoms in total. The van der Waals surface area contributed by atoms with Gasteiger partial charge in [0.1, 0.15) is 10.6 Å². The first-order valence-corrected chi connectivity index (χ1v) is 8.51. The predicted molar refractivity (Wildman–Crippen MR) is 75.8 cm³/mol. The summed E-state index contributed by atoms with van der Waals surface area (Å²) in [6.45, 7) is 2.09. The standard InChI is InChI=1S/C13H17ClO5S/c1-10-6-7-11(12(9-10)20(14,17)18)19-8-4-2-3-5-13(15)16/h6-7,9H,2-5,8H2,1H3,(H,15,16). The Kier molecular flexibility index (Phi) is 6.29. The molecule has 0 atom stereocenters. The summed E-state index contributed by atoms with van der Waals surface area (Å²) >= 11 is 0. The maximum Gasteiger partial charge on any atom is 0.303 e. The van der Waals surface area contributed by atoms with Crippen LogP contribution < -0.4 is 4.74 Å². The summed E-state index contributed by atoms with van der Waals surface area (Å²) in [7, 11) is 1.51. The highest BCUT2D eigenvalue weighted by molar-refractivity contribution is 8.13. The Morgan fingerprint density at radius 2 is 2.00 bits per heavy atom. The zero-order chi connectivity index (χ0) is 15.2. The summed E-state index contributed by atoms with van der Waals surface area (Å²) < 4.78 is 28.3. The molecule has 0 fully saturated rings. The van der Waals surface area contributed by atoms with E-state index in [2.05, 4.69) is 0 Å². The number of carboxylic acids is 1. The molecular weight excluding hydrogens is 304 g/mol. The Balaban J connectivity index is 2.54. The smallest absolute Gasteiger partial charge is 0.303 e. The molecule has 0 bridgehead atoms. The van der Waals surface area contributed by atoms with E-state index in [1.807, 2.05) is 0 Å². The van der Waals surface area contributed by atoms with Crippen LogP contribution in [0.4, 0.5) is 0 Å². The van der Waals surface area contributed by atoms with Gasteiger partial charge in [-0.1, -0.05) is 6.07 Å². The van der Waals surface area contributed by atoms with Crippen molar-refractivity contribution < 1.29 is 23.1 Å². The molecule has 1 aromatic carbocycles. The van der Waals surface area contributed by atoms with Gasteiger partial charge in [0.25, 0.3) is 9.05 Å². The summed E-state index contributed by atoms with van der Waals surface area (Å²) in [4.78, 5) is 10.3. The van der Waals surface area contributed by atoms with Crippen molar-refractivity contribution in [1.29, 1.82) is 0 Å². The molecule has 1 aromatic rings. The predicted octanol–water partition coefficient (Wildman–Crippen LogP) is 2.95. The largest absolute Gasteiger partial charge is 0.492 e. The number of ether oxygens (including phenoxy) is 1. The molecule has 0 aliphatic rings. The molecular formula is C13H17ClO5S. The lowest BCUT2D eigenvalue weighted by molar-refractivity contribution is -0.137. The van der Waals surface area contributed by atoms with Crippen molar-refractivity contribution in [2.75, 3.05) is 6.61 Å². The number of aryl methyl sites for hydroxylation is 1. The van der Waals surface area contributed by atoms with Gasteiger partial charge in [-0.3, -0.25) is 4.79 Å². The minimum atomic E-state index is -3.85. The van der Waals surface area contributed by atoms with Crippen molar-refractivity contribution in [1.82, 2.24) is 0 Å². The molecule has 0 aliphatic heterocycles.